The van der Waals surface area contributed by atoms with Crippen LogP contribution in [-0.2, 0) is 9.59 Å². The second kappa shape index (κ2) is 6.19. The van der Waals surface area contributed by atoms with Crippen LogP contribution in [-0.4, -0.2) is 34.7 Å². The Hall–Kier alpha value is -1.36. The fourth-order valence-electron chi connectivity index (χ4n) is 1.07. The van der Waals surface area contributed by atoms with Gasteiger partial charge in [0, 0.05) is 17.7 Å². The molecule has 0 aliphatic heterocycles. The highest BCUT2D eigenvalue weighted by Gasteiger charge is 2.38. The summed E-state index contributed by atoms with van der Waals surface area (Å²) in [5, 5.41) is 18.9. The minimum Gasteiger partial charge on any atom is -0.478 e. The molecule has 15 heavy (non-hydrogen) atoms. The Morgan fingerprint density at radius 2 is 1.67 bits per heavy atom. The maximum absolute atomic E-state index is 9.55. The van der Waals surface area contributed by atoms with Crippen molar-refractivity contribution in [3.05, 3.63) is 12.2 Å². The average molecular weight is 215 g/mol. The largest absolute Gasteiger partial charge is 0.478 e. The second-order valence-electron chi connectivity index (χ2n) is 3.39. The van der Waals surface area contributed by atoms with Gasteiger partial charge in [-0.2, -0.15) is 0 Å². The first-order valence-electron chi connectivity index (χ1n) is 4.78. The SMILES string of the molecule is CCC1(NC)CC1.O=C(O)/C=C/C(=O)O. The topological polar surface area (TPSA) is 86.6 Å². The molecular weight excluding hydrogens is 198 g/mol. The fourth-order valence-corrected chi connectivity index (χ4v) is 1.07. The molecule has 0 bridgehead atoms. The molecular formula is C10H17NO4. The lowest BCUT2D eigenvalue weighted by Gasteiger charge is -2.07. The predicted molar refractivity (Wildman–Crippen MR) is 55.7 cm³/mol. The summed E-state index contributed by atoms with van der Waals surface area (Å²) >= 11 is 0. The molecule has 0 heterocycles. The zero-order valence-electron chi connectivity index (χ0n) is 8.99. The third-order valence-electron chi connectivity index (χ3n) is 2.43. The van der Waals surface area contributed by atoms with Crippen molar-refractivity contribution in [1.82, 2.24) is 5.32 Å². The summed E-state index contributed by atoms with van der Waals surface area (Å²) in [5.41, 5.74) is 0.583. The number of carboxylic acids is 2. The molecule has 86 valence electrons. The third-order valence-corrected chi connectivity index (χ3v) is 2.43. The van der Waals surface area contributed by atoms with E-state index in [0.29, 0.717) is 17.7 Å². The van der Waals surface area contributed by atoms with Crippen molar-refractivity contribution < 1.29 is 19.8 Å². The summed E-state index contributed by atoms with van der Waals surface area (Å²) in [6.45, 7) is 2.24. The smallest absolute Gasteiger partial charge is 0.328 e. The van der Waals surface area contributed by atoms with Gasteiger partial charge in [-0.05, 0) is 26.3 Å². The molecule has 0 radical (unpaired) electrons. The molecule has 1 fully saturated rings. The van der Waals surface area contributed by atoms with E-state index in [1.807, 2.05) is 0 Å². The van der Waals surface area contributed by atoms with Gasteiger partial charge in [0.15, 0.2) is 0 Å². The van der Waals surface area contributed by atoms with E-state index in [-0.39, 0.29) is 0 Å². The molecule has 0 aromatic heterocycles. The molecule has 1 aliphatic rings. The van der Waals surface area contributed by atoms with Crippen molar-refractivity contribution in [3.8, 4) is 0 Å². The van der Waals surface area contributed by atoms with Gasteiger partial charge in [-0.25, -0.2) is 9.59 Å². The molecule has 3 N–H and O–H groups in total. The van der Waals surface area contributed by atoms with E-state index < -0.39 is 11.9 Å². The zero-order valence-corrected chi connectivity index (χ0v) is 8.99. The van der Waals surface area contributed by atoms with E-state index >= 15 is 0 Å². The first-order chi connectivity index (χ1) is 6.95. The second-order valence-corrected chi connectivity index (χ2v) is 3.39. The number of carbonyl (C=O) groups is 2. The van der Waals surface area contributed by atoms with E-state index in [2.05, 4.69) is 19.3 Å². The maximum Gasteiger partial charge on any atom is 0.328 e. The Labute approximate surface area is 88.8 Å². The van der Waals surface area contributed by atoms with Crippen molar-refractivity contribution in [1.29, 1.82) is 0 Å². The summed E-state index contributed by atoms with van der Waals surface area (Å²) < 4.78 is 0. The standard InChI is InChI=1S/C6H13N.C4H4O4/c1-3-6(7-2)4-5-6;5-3(6)1-2-4(7)8/h7H,3-5H2,1-2H3;1-2H,(H,5,6)(H,7,8)/b;2-1+. The van der Waals surface area contributed by atoms with Crippen LogP contribution in [0.25, 0.3) is 0 Å². The monoisotopic (exact) mass is 215 g/mol. The molecule has 0 atom stereocenters. The van der Waals surface area contributed by atoms with Crippen molar-refractivity contribution in [2.75, 3.05) is 7.05 Å². The molecule has 0 aromatic carbocycles. The normalized spacial score (nSPS) is 16.7. The van der Waals surface area contributed by atoms with E-state index in [4.69, 9.17) is 10.2 Å². The third kappa shape index (κ3) is 6.68. The number of hydrogen-bond donors (Lipinski definition) is 3. The summed E-state index contributed by atoms with van der Waals surface area (Å²) in [4.78, 5) is 19.1. The lowest BCUT2D eigenvalue weighted by atomic mass is 10.2. The molecule has 0 aromatic rings. The quantitative estimate of drug-likeness (QED) is 0.605. The van der Waals surface area contributed by atoms with Crippen LogP contribution in [0.2, 0.25) is 0 Å². The van der Waals surface area contributed by atoms with Gasteiger partial charge in [-0.15, -0.1) is 0 Å². The Kier molecular flexibility index (Phi) is 5.62. The fraction of sp³-hybridized carbons (Fsp3) is 0.600. The van der Waals surface area contributed by atoms with E-state index in [0.717, 1.165) is 0 Å². The highest BCUT2D eigenvalue weighted by Crippen LogP contribution is 2.37. The van der Waals surface area contributed by atoms with Crippen molar-refractivity contribution in [3.63, 3.8) is 0 Å². The van der Waals surface area contributed by atoms with Crippen LogP contribution in [0.3, 0.4) is 0 Å². The Balaban J connectivity index is 0.000000262. The predicted octanol–water partition coefficient (Wildman–Crippen LogP) is 0.860. The van der Waals surface area contributed by atoms with E-state index in [1.165, 1.54) is 19.3 Å². The van der Waals surface area contributed by atoms with Gasteiger partial charge in [0.05, 0.1) is 0 Å². The molecule has 5 heteroatoms. The molecule has 1 rings (SSSR count). The number of aliphatic carboxylic acids is 2. The van der Waals surface area contributed by atoms with Gasteiger partial charge in [-0.3, -0.25) is 0 Å². The van der Waals surface area contributed by atoms with E-state index in [1.54, 1.807) is 0 Å². The summed E-state index contributed by atoms with van der Waals surface area (Å²) in [5.74, 6) is -2.51. The van der Waals surface area contributed by atoms with Crippen LogP contribution in [0.1, 0.15) is 26.2 Å². The van der Waals surface area contributed by atoms with Crippen LogP contribution < -0.4 is 5.32 Å². The van der Waals surface area contributed by atoms with Crippen molar-refractivity contribution in [2.45, 2.75) is 31.7 Å². The first kappa shape index (κ1) is 13.6. The zero-order chi connectivity index (χ0) is 11.9. The maximum atomic E-state index is 9.55. The molecule has 0 saturated heterocycles. The molecule has 0 unspecified atom stereocenters. The summed E-state index contributed by atoms with van der Waals surface area (Å²) in [6, 6.07) is 0. The van der Waals surface area contributed by atoms with Crippen LogP contribution in [0.4, 0.5) is 0 Å². The number of nitrogens with one attached hydrogen (secondary N) is 1. The van der Waals surface area contributed by atoms with Gasteiger partial charge in [0.2, 0.25) is 0 Å². The van der Waals surface area contributed by atoms with Gasteiger partial charge >= 0.3 is 11.9 Å². The lowest BCUT2D eigenvalue weighted by Crippen LogP contribution is -2.25. The van der Waals surface area contributed by atoms with Crippen molar-refractivity contribution >= 4 is 11.9 Å². The minimum atomic E-state index is -1.26. The highest BCUT2D eigenvalue weighted by molar-refractivity contribution is 5.89. The van der Waals surface area contributed by atoms with Gasteiger partial charge < -0.3 is 15.5 Å². The number of rotatable bonds is 4. The van der Waals surface area contributed by atoms with Crippen LogP contribution >= 0.6 is 0 Å². The van der Waals surface area contributed by atoms with E-state index in [9.17, 15) is 9.59 Å². The van der Waals surface area contributed by atoms with Crippen molar-refractivity contribution in [2.24, 2.45) is 0 Å². The van der Waals surface area contributed by atoms with Gasteiger partial charge in [0.1, 0.15) is 0 Å². The molecule has 0 spiro atoms. The van der Waals surface area contributed by atoms with Crippen LogP contribution in [0, 0.1) is 0 Å². The minimum absolute atomic E-state index is 0.558. The summed E-state index contributed by atoms with van der Waals surface area (Å²) in [6.07, 6.45) is 5.19. The Morgan fingerprint density at radius 1 is 1.27 bits per heavy atom. The first-order valence-corrected chi connectivity index (χ1v) is 4.78. The number of hydrogen-bond acceptors (Lipinski definition) is 3. The average Bonchev–Trinajstić information content (AvgIpc) is 2.96. The number of carboxylic acid groups (broad SMARTS) is 2. The van der Waals surface area contributed by atoms with Crippen LogP contribution in [0.15, 0.2) is 12.2 Å². The van der Waals surface area contributed by atoms with Gasteiger partial charge in [0.25, 0.3) is 0 Å². The molecule has 0 amide bonds. The molecule has 1 aliphatic carbocycles. The van der Waals surface area contributed by atoms with Gasteiger partial charge in [-0.1, -0.05) is 6.92 Å². The summed E-state index contributed by atoms with van der Waals surface area (Å²) in [7, 11) is 2.05. The van der Waals surface area contributed by atoms with Crippen LogP contribution in [0.5, 0.6) is 0 Å². The Bertz CT molecular complexity index is 234. The molecule has 1 saturated carbocycles. The Morgan fingerprint density at radius 3 is 1.73 bits per heavy atom. The lowest BCUT2D eigenvalue weighted by molar-refractivity contribution is -0.134. The highest BCUT2D eigenvalue weighted by atomic mass is 16.4. The molecule has 5 nitrogen and oxygen atoms in total.